The van der Waals surface area contributed by atoms with Crippen molar-refractivity contribution in [1.29, 1.82) is 0 Å². The SMILES string of the molecule is CN(C(=O)[C@@H]1[C@@H](Cc2ccnc(N)c2)C(=O)N1C(=O)N[C@@H](C1CCCCC1)C(F)(F)F)c1ccccn1. The van der Waals surface area contributed by atoms with Gasteiger partial charge in [-0.3, -0.25) is 19.4 Å². The van der Waals surface area contributed by atoms with Crippen molar-refractivity contribution >= 4 is 29.5 Å². The average Bonchev–Trinajstić information content (AvgIpc) is 2.88. The Balaban J connectivity index is 1.60. The van der Waals surface area contributed by atoms with Crippen molar-refractivity contribution in [2.24, 2.45) is 11.8 Å². The number of likely N-dealkylation sites (tertiary alicyclic amines) is 1. The Kier molecular flexibility index (Phi) is 7.65. The number of rotatable bonds is 6. The van der Waals surface area contributed by atoms with E-state index in [0.717, 1.165) is 6.42 Å². The average molecular weight is 519 g/mol. The fraction of sp³-hybridized carbons (Fsp3) is 0.480. The number of nitrogens with zero attached hydrogens (tertiary/aromatic N) is 4. The van der Waals surface area contributed by atoms with E-state index in [1.54, 1.807) is 30.3 Å². The summed E-state index contributed by atoms with van der Waals surface area (Å²) in [6.45, 7) is 0. The number of nitrogens with two attached hydrogens (primary N) is 1. The van der Waals surface area contributed by atoms with Crippen LogP contribution in [0.2, 0.25) is 0 Å². The summed E-state index contributed by atoms with van der Waals surface area (Å²) < 4.78 is 41.8. The topological polar surface area (TPSA) is 122 Å². The third-order valence-electron chi connectivity index (χ3n) is 7.06. The molecule has 4 rings (SSSR count). The van der Waals surface area contributed by atoms with Crippen molar-refractivity contribution in [1.82, 2.24) is 20.2 Å². The first-order chi connectivity index (χ1) is 17.6. The van der Waals surface area contributed by atoms with Crippen LogP contribution in [0.1, 0.15) is 37.7 Å². The molecular weight excluding hydrogens is 489 g/mol. The lowest BCUT2D eigenvalue weighted by Gasteiger charge is -2.46. The van der Waals surface area contributed by atoms with E-state index in [-0.39, 0.29) is 18.1 Å². The lowest BCUT2D eigenvalue weighted by atomic mass is 9.81. The highest BCUT2D eigenvalue weighted by molar-refractivity contribution is 6.12. The number of β-lactam (4-membered cyclic amide) rings is 1. The summed E-state index contributed by atoms with van der Waals surface area (Å²) in [5.74, 6) is -2.63. The minimum atomic E-state index is -4.69. The fourth-order valence-corrected chi connectivity index (χ4v) is 5.13. The number of urea groups is 1. The van der Waals surface area contributed by atoms with Crippen LogP contribution in [0.25, 0.3) is 0 Å². The van der Waals surface area contributed by atoms with Gasteiger partial charge in [-0.1, -0.05) is 25.3 Å². The summed E-state index contributed by atoms with van der Waals surface area (Å²) in [6.07, 6.45) is 1.09. The van der Waals surface area contributed by atoms with Crippen molar-refractivity contribution in [2.45, 2.75) is 56.8 Å². The maximum atomic E-state index is 13.9. The Hall–Kier alpha value is -3.70. The number of hydrogen-bond acceptors (Lipinski definition) is 6. The molecule has 4 amide bonds. The Bertz CT molecular complexity index is 1140. The van der Waals surface area contributed by atoms with E-state index >= 15 is 0 Å². The number of amides is 4. The van der Waals surface area contributed by atoms with Crippen LogP contribution in [0.3, 0.4) is 0 Å². The molecule has 0 aromatic carbocycles. The van der Waals surface area contributed by atoms with E-state index in [9.17, 15) is 27.6 Å². The predicted molar refractivity (Wildman–Crippen MR) is 129 cm³/mol. The van der Waals surface area contributed by atoms with Gasteiger partial charge in [0.1, 0.15) is 23.7 Å². The lowest BCUT2D eigenvalue weighted by Crippen LogP contribution is -2.71. The van der Waals surface area contributed by atoms with Gasteiger partial charge in [0.25, 0.3) is 5.91 Å². The van der Waals surface area contributed by atoms with Crippen LogP contribution in [0.4, 0.5) is 29.6 Å². The van der Waals surface area contributed by atoms with Gasteiger partial charge in [0.15, 0.2) is 0 Å². The second kappa shape index (κ2) is 10.7. The Morgan fingerprint density at radius 2 is 1.89 bits per heavy atom. The van der Waals surface area contributed by atoms with Crippen molar-refractivity contribution in [2.75, 3.05) is 17.7 Å². The second-order valence-corrected chi connectivity index (χ2v) is 9.50. The summed E-state index contributed by atoms with van der Waals surface area (Å²) in [6, 6.07) is 3.43. The molecule has 1 saturated heterocycles. The molecule has 3 heterocycles. The van der Waals surface area contributed by atoms with Crippen LogP contribution in [0, 0.1) is 11.8 Å². The highest BCUT2D eigenvalue weighted by Crippen LogP contribution is 2.37. The summed E-state index contributed by atoms with van der Waals surface area (Å²) in [5, 5.41) is 2.04. The van der Waals surface area contributed by atoms with Crippen LogP contribution in [-0.2, 0) is 16.0 Å². The van der Waals surface area contributed by atoms with Gasteiger partial charge in [0.05, 0.1) is 5.92 Å². The summed E-state index contributed by atoms with van der Waals surface area (Å²) in [7, 11) is 1.44. The smallest absolute Gasteiger partial charge is 0.384 e. The minimum Gasteiger partial charge on any atom is -0.384 e. The molecule has 2 aromatic heterocycles. The van der Waals surface area contributed by atoms with E-state index in [0.29, 0.717) is 36.1 Å². The molecule has 2 fully saturated rings. The van der Waals surface area contributed by atoms with E-state index < -0.39 is 47.9 Å². The van der Waals surface area contributed by atoms with Crippen molar-refractivity contribution < 1.29 is 27.6 Å². The highest BCUT2D eigenvalue weighted by Gasteiger charge is 2.57. The van der Waals surface area contributed by atoms with Crippen LogP contribution < -0.4 is 16.0 Å². The predicted octanol–water partition coefficient (Wildman–Crippen LogP) is 3.31. The number of imide groups is 1. The van der Waals surface area contributed by atoms with E-state index in [1.807, 2.05) is 5.32 Å². The van der Waals surface area contributed by atoms with Gasteiger partial charge in [-0.2, -0.15) is 13.2 Å². The number of halogens is 3. The number of alkyl halides is 3. The molecule has 0 bridgehead atoms. The van der Waals surface area contributed by atoms with Gasteiger partial charge < -0.3 is 11.1 Å². The number of likely N-dealkylation sites (N-methyl/N-ethyl adjacent to an activating group) is 1. The second-order valence-electron chi connectivity index (χ2n) is 9.50. The van der Waals surface area contributed by atoms with Crippen molar-refractivity contribution in [3.05, 3.63) is 48.3 Å². The molecule has 37 heavy (non-hydrogen) atoms. The van der Waals surface area contributed by atoms with Crippen LogP contribution in [-0.4, -0.2) is 58.0 Å². The summed E-state index contributed by atoms with van der Waals surface area (Å²) in [5.41, 5.74) is 6.34. The number of anilines is 2. The molecule has 9 nitrogen and oxygen atoms in total. The first-order valence-electron chi connectivity index (χ1n) is 12.2. The molecule has 1 aliphatic carbocycles. The molecule has 198 valence electrons. The monoisotopic (exact) mass is 518 g/mol. The molecule has 1 aliphatic heterocycles. The fourth-order valence-electron chi connectivity index (χ4n) is 5.13. The highest BCUT2D eigenvalue weighted by atomic mass is 19.4. The van der Waals surface area contributed by atoms with Crippen molar-refractivity contribution in [3.63, 3.8) is 0 Å². The number of pyridine rings is 2. The molecule has 2 aromatic rings. The number of carbonyl (C=O) groups is 3. The Morgan fingerprint density at radius 3 is 2.51 bits per heavy atom. The van der Waals surface area contributed by atoms with Gasteiger partial charge in [0.2, 0.25) is 5.91 Å². The maximum absolute atomic E-state index is 13.9. The number of aromatic nitrogens is 2. The zero-order valence-electron chi connectivity index (χ0n) is 20.3. The molecule has 2 aliphatic rings. The Morgan fingerprint density at radius 1 is 1.16 bits per heavy atom. The van der Waals surface area contributed by atoms with Gasteiger partial charge in [0, 0.05) is 19.4 Å². The van der Waals surface area contributed by atoms with E-state index in [2.05, 4.69) is 9.97 Å². The third-order valence-corrected chi connectivity index (χ3v) is 7.06. The molecule has 3 N–H and O–H groups in total. The van der Waals surface area contributed by atoms with Crippen LogP contribution >= 0.6 is 0 Å². The normalized spacial score (nSPS) is 21.2. The third kappa shape index (κ3) is 5.67. The van der Waals surface area contributed by atoms with Gasteiger partial charge in [-0.05, 0) is 55.0 Å². The van der Waals surface area contributed by atoms with Gasteiger partial charge >= 0.3 is 12.2 Å². The minimum absolute atomic E-state index is 0.0626. The molecule has 0 unspecified atom stereocenters. The van der Waals surface area contributed by atoms with Crippen LogP contribution in [0.5, 0.6) is 0 Å². The van der Waals surface area contributed by atoms with E-state index in [4.69, 9.17) is 5.73 Å². The quantitative estimate of drug-likeness (QED) is 0.566. The molecule has 12 heteroatoms. The molecular formula is C25H29F3N6O3. The van der Waals surface area contributed by atoms with Crippen molar-refractivity contribution in [3.8, 4) is 0 Å². The number of nitrogens with one attached hydrogen (secondary N) is 1. The maximum Gasteiger partial charge on any atom is 0.408 e. The van der Waals surface area contributed by atoms with E-state index in [1.165, 1.54) is 24.3 Å². The molecule has 1 saturated carbocycles. The number of nitrogen functional groups attached to an aromatic ring is 1. The summed E-state index contributed by atoms with van der Waals surface area (Å²) >= 11 is 0. The van der Waals surface area contributed by atoms with Gasteiger partial charge in [-0.25, -0.2) is 14.8 Å². The summed E-state index contributed by atoms with van der Waals surface area (Å²) in [4.78, 5) is 49.6. The standard InChI is InChI=1S/C25H29F3N6O3/c1-33(19-9-5-6-11-31-19)23(36)20-17(13-15-10-12-30-18(29)14-15)22(35)34(20)24(37)32-21(25(26,27)28)16-7-3-2-4-8-16/h5-6,9-12,14,16-17,20-21H,2-4,7-8,13H2,1H3,(H2,29,30)(H,32,37)/t17-,20+,21+/m1/s1. The number of carbonyl (C=O) groups excluding carboxylic acids is 3. The first-order valence-corrected chi connectivity index (χ1v) is 12.2. The zero-order chi connectivity index (χ0) is 26.7. The zero-order valence-corrected chi connectivity index (χ0v) is 20.3. The lowest BCUT2D eigenvalue weighted by molar-refractivity contribution is -0.170. The molecule has 0 radical (unpaired) electrons. The Labute approximate surface area is 212 Å². The molecule has 3 atom stereocenters. The van der Waals surface area contributed by atoms with Crippen LogP contribution in [0.15, 0.2) is 42.7 Å². The molecule has 0 spiro atoms. The number of hydrogen-bond donors (Lipinski definition) is 2. The largest absolute Gasteiger partial charge is 0.408 e. The first kappa shape index (κ1) is 26.4. The van der Waals surface area contributed by atoms with Gasteiger partial charge in [-0.15, -0.1) is 0 Å².